The Balaban J connectivity index is 2.19. The third-order valence-electron chi connectivity index (χ3n) is 4.27. The maximum atomic E-state index is 9.61. The minimum atomic E-state index is 0.000231. The SMILES string of the molecule is CC[N+]1(C)[C@@H]2CC[C@@H]1CC(O)C2. The summed E-state index contributed by atoms with van der Waals surface area (Å²) in [6, 6.07) is 1.51. The van der Waals surface area contributed by atoms with E-state index in [-0.39, 0.29) is 6.10 Å². The lowest BCUT2D eigenvalue weighted by Gasteiger charge is -2.45. The van der Waals surface area contributed by atoms with Gasteiger partial charge in [0.05, 0.1) is 31.8 Å². The molecular formula is C10H20NO+. The number of nitrogens with zero attached hydrogens (tertiary/aromatic N) is 1. The van der Waals surface area contributed by atoms with Gasteiger partial charge < -0.3 is 9.59 Å². The minimum absolute atomic E-state index is 0.000231. The lowest BCUT2D eigenvalue weighted by Crippen LogP contribution is -2.58. The summed E-state index contributed by atoms with van der Waals surface area (Å²) in [6.45, 7) is 3.52. The molecule has 2 saturated heterocycles. The van der Waals surface area contributed by atoms with Gasteiger partial charge in [-0.3, -0.25) is 0 Å². The Kier molecular flexibility index (Phi) is 1.92. The highest BCUT2D eigenvalue weighted by atomic mass is 16.3. The Bertz CT molecular complexity index is 167. The van der Waals surface area contributed by atoms with Crippen molar-refractivity contribution >= 4 is 0 Å². The normalized spacial score (nSPS) is 52.8. The Morgan fingerprint density at radius 3 is 2.17 bits per heavy atom. The van der Waals surface area contributed by atoms with E-state index in [0.717, 1.165) is 24.9 Å². The summed E-state index contributed by atoms with van der Waals surface area (Å²) in [4.78, 5) is 0. The molecule has 0 amide bonds. The van der Waals surface area contributed by atoms with Gasteiger partial charge in [-0.05, 0) is 6.92 Å². The average molecular weight is 170 g/mol. The number of fused-ring (bicyclic) bond motifs is 2. The van der Waals surface area contributed by atoms with Crippen molar-refractivity contribution < 1.29 is 9.59 Å². The van der Waals surface area contributed by atoms with Crippen molar-refractivity contribution in [2.45, 2.75) is 50.8 Å². The smallest absolute Gasteiger partial charge is 0.0917 e. The molecule has 2 aliphatic heterocycles. The van der Waals surface area contributed by atoms with E-state index in [1.807, 2.05) is 0 Å². The second-order valence-electron chi connectivity index (χ2n) is 4.67. The largest absolute Gasteiger partial charge is 0.393 e. The average Bonchev–Trinajstić information content (AvgIpc) is 2.24. The highest BCUT2D eigenvalue weighted by molar-refractivity contribution is 4.85. The molecule has 0 spiro atoms. The van der Waals surface area contributed by atoms with Crippen molar-refractivity contribution in [3.8, 4) is 0 Å². The van der Waals surface area contributed by atoms with Gasteiger partial charge in [0.15, 0.2) is 0 Å². The molecule has 0 saturated carbocycles. The van der Waals surface area contributed by atoms with Gasteiger partial charge in [-0.15, -0.1) is 0 Å². The zero-order valence-electron chi connectivity index (χ0n) is 8.16. The van der Waals surface area contributed by atoms with Crippen LogP contribution in [-0.2, 0) is 0 Å². The number of hydrogen-bond acceptors (Lipinski definition) is 1. The van der Waals surface area contributed by atoms with Crippen molar-refractivity contribution in [2.75, 3.05) is 13.6 Å². The molecule has 2 bridgehead atoms. The highest BCUT2D eigenvalue weighted by Crippen LogP contribution is 2.40. The number of rotatable bonds is 1. The first kappa shape index (κ1) is 8.52. The topological polar surface area (TPSA) is 20.2 Å². The summed E-state index contributed by atoms with van der Waals surface area (Å²) >= 11 is 0. The quantitative estimate of drug-likeness (QED) is 0.585. The van der Waals surface area contributed by atoms with Crippen LogP contribution < -0.4 is 0 Å². The van der Waals surface area contributed by atoms with Crippen molar-refractivity contribution in [1.29, 1.82) is 0 Å². The molecule has 12 heavy (non-hydrogen) atoms. The maximum absolute atomic E-state index is 9.61. The molecule has 0 unspecified atom stereocenters. The van der Waals surface area contributed by atoms with Crippen molar-refractivity contribution in [3.63, 3.8) is 0 Å². The fourth-order valence-electron chi connectivity index (χ4n) is 3.23. The predicted octanol–water partition coefficient (Wildman–Crippen LogP) is 1.14. The van der Waals surface area contributed by atoms with E-state index in [1.54, 1.807) is 0 Å². The standard InChI is InChI=1S/C10H20NO/c1-3-11(2)8-4-5-9(11)7-10(12)6-8/h8-10,12H,3-7H2,1-2H3/q+1/t8-,9-,10?,11?/m1/s1. The Morgan fingerprint density at radius 1 is 1.25 bits per heavy atom. The van der Waals surface area contributed by atoms with Gasteiger partial charge >= 0.3 is 0 Å². The van der Waals surface area contributed by atoms with Gasteiger partial charge in [0.1, 0.15) is 0 Å². The number of quaternary nitrogens is 1. The maximum Gasteiger partial charge on any atom is 0.0917 e. The minimum Gasteiger partial charge on any atom is -0.393 e. The van der Waals surface area contributed by atoms with Gasteiger partial charge in [-0.25, -0.2) is 0 Å². The van der Waals surface area contributed by atoms with E-state index in [0.29, 0.717) is 0 Å². The van der Waals surface area contributed by atoms with E-state index in [9.17, 15) is 5.11 Å². The van der Waals surface area contributed by atoms with Gasteiger partial charge in [-0.2, -0.15) is 0 Å². The molecule has 0 aromatic rings. The second-order valence-corrected chi connectivity index (χ2v) is 4.67. The first-order valence-corrected chi connectivity index (χ1v) is 5.19. The van der Waals surface area contributed by atoms with Crippen LogP contribution in [-0.4, -0.2) is 41.4 Å². The summed E-state index contributed by atoms with van der Waals surface area (Å²) in [5.41, 5.74) is 0. The van der Waals surface area contributed by atoms with Crippen LogP contribution in [0.3, 0.4) is 0 Å². The third kappa shape index (κ3) is 1.01. The summed E-state index contributed by atoms with van der Waals surface area (Å²) in [7, 11) is 2.37. The summed E-state index contributed by atoms with van der Waals surface area (Å²) in [5.74, 6) is 0. The molecule has 2 aliphatic rings. The molecule has 2 heteroatoms. The Hall–Kier alpha value is -0.0800. The molecule has 2 heterocycles. The van der Waals surface area contributed by atoms with Crippen LogP contribution in [0.2, 0.25) is 0 Å². The second kappa shape index (κ2) is 2.71. The lowest BCUT2D eigenvalue weighted by molar-refractivity contribution is -0.947. The van der Waals surface area contributed by atoms with E-state index < -0.39 is 0 Å². The van der Waals surface area contributed by atoms with Crippen LogP contribution in [0.4, 0.5) is 0 Å². The lowest BCUT2D eigenvalue weighted by atomic mass is 9.97. The first-order chi connectivity index (χ1) is 5.66. The molecule has 1 N–H and O–H groups in total. The molecule has 2 nitrogen and oxygen atoms in total. The van der Waals surface area contributed by atoms with Crippen molar-refractivity contribution in [3.05, 3.63) is 0 Å². The van der Waals surface area contributed by atoms with Crippen LogP contribution >= 0.6 is 0 Å². The molecule has 0 aliphatic carbocycles. The van der Waals surface area contributed by atoms with Crippen molar-refractivity contribution in [2.24, 2.45) is 0 Å². The number of piperidine rings is 1. The van der Waals surface area contributed by atoms with E-state index in [4.69, 9.17) is 0 Å². The van der Waals surface area contributed by atoms with E-state index in [2.05, 4.69) is 14.0 Å². The Labute approximate surface area is 74.8 Å². The van der Waals surface area contributed by atoms with E-state index >= 15 is 0 Å². The molecule has 0 aromatic heterocycles. The van der Waals surface area contributed by atoms with E-state index in [1.165, 1.54) is 23.9 Å². The monoisotopic (exact) mass is 170 g/mol. The first-order valence-electron chi connectivity index (χ1n) is 5.19. The molecule has 2 fully saturated rings. The third-order valence-corrected chi connectivity index (χ3v) is 4.27. The van der Waals surface area contributed by atoms with Gasteiger partial charge in [0, 0.05) is 25.7 Å². The number of aliphatic hydroxyl groups is 1. The van der Waals surface area contributed by atoms with Crippen LogP contribution in [0.25, 0.3) is 0 Å². The Morgan fingerprint density at radius 2 is 1.75 bits per heavy atom. The van der Waals surface area contributed by atoms with Crippen LogP contribution in [0, 0.1) is 0 Å². The van der Waals surface area contributed by atoms with Gasteiger partial charge in [0.2, 0.25) is 0 Å². The molecule has 2 atom stereocenters. The summed E-state index contributed by atoms with van der Waals surface area (Å²) in [6.07, 6.45) is 4.76. The summed E-state index contributed by atoms with van der Waals surface area (Å²) in [5, 5.41) is 9.61. The van der Waals surface area contributed by atoms with Gasteiger partial charge in [-0.1, -0.05) is 0 Å². The fraction of sp³-hybridized carbons (Fsp3) is 1.00. The molecule has 2 rings (SSSR count). The number of hydrogen-bond donors (Lipinski definition) is 1. The molecular weight excluding hydrogens is 150 g/mol. The van der Waals surface area contributed by atoms with Crippen molar-refractivity contribution in [1.82, 2.24) is 0 Å². The fourth-order valence-corrected chi connectivity index (χ4v) is 3.23. The zero-order valence-corrected chi connectivity index (χ0v) is 8.16. The molecule has 0 aromatic carbocycles. The van der Waals surface area contributed by atoms with Gasteiger partial charge in [0.25, 0.3) is 0 Å². The molecule has 0 radical (unpaired) electrons. The van der Waals surface area contributed by atoms with Crippen LogP contribution in [0.1, 0.15) is 32.6 Å². The number of aliphatic hydroxyl groups excluding tert-OH is 1. The van der Waals surface area contributed by atoms with Crippen LogP contribution in [0.15, 0.2) is 0 Å². The highest BCUT2D eigenvalue weighted by Gasteiger charge is 2.49. The summed E-state index contributed by atoms with van der Waals surface area (Å²) < 4.78 is 1.23. The predicted molar refractivity (Wildman–Crippen MR) is 48.8 cm³/mol. The van der Waals surface area contributed by atoms with Crippen LogP contribution in [0.5, 0.6) is 0 Å². The zero-order chi connectivity index (χ0) is 8.77. The molecule has 70 valence electrons.